The van der Waals surface area contributed by atoms with E-state index in [2.05, 4.69) is 34.3 Å². The zero-order valence-electron chi connectivity index (χ0n) is 21.6. The van der Waals surface area contributed by atoms with Crippen LogP contribution in [-0.2, 0) is 9.59 Å². The molecule has 3 nitrogen and oxygen atoms in total. The molecule has 2 atom stereocenters. The normalized spacial score (nSPS) is 29.7. The Balaban J connectivity index is 0.000000163. The summed E-state index contributed by atoms with van der Waals surface area (Å²) in [6.07, 6.45) is 15.5. The van der Waals surface area contributed by atoms with Crippen LogP contribution < -0.4 is 0 Å². The molecule has 2 unspecified atom stereocenters. The molecule has 1 saturated carbocycles. The van der Waals surface area contributed by atoms with E-state index in [1.165, 1.54) is 62.5 Å². The lowest BCUT2D eigenvalue weighted by molar-refractivity contribution is -0.132. The molecule has 33 heavy (non-hydrogen) atoms. The molecule has 1 saturated heterocycles. The number of carbonyl (C=O) groups excluding carboxylic acids is 2. The maximum Gasteiger partial charge on any atom is 0.226 e. The molecule has 4 aliphatic carbocycles. The largest absolute Gasteiger partial charge is 0.342 e. The van der Waals surface area contributed by atoms with Crippen LogP contribution in [0.15, 0.2) is 34.9 Å². The fourth-order valence-corrected chi connectivity index (χ4v) is 7.37. The van der Waals surface area contributed by atoms with E-state index in [1.807, 2.05) is 11.0 Å². The van der Waals surface area contributed by atoms with E-state index in [4.69, 9.17) is 0 Å². The molecule has 3 heteroatoms. The first-order valence-corrected chi connectivity index (χ1v) is 13.5. The molecule has 5 rings (SSSR count). The zero-order chi connectivity index (χ0) is 23.8. The number of hydrogen-bond acceptors (Lipinski definition) is 2. The second-order valence-electron chi connectivity index (χ2n) is 12.4. The number of nitrogens with zero attached hydrogens (tertiary/aromatic N) is 1. The average Bonchev–Trinajstić information content (AvgIpc) is 3.37. The van der Waals surface area contributed by atoms with Crippen molar-refractivity contribution in [3.8, 4) is 0 Å². The van der Waals surface area contributed by atoms with E-state index in [0.29, 0.717) is 35.4 Å². The minimum Gasteiger partial charge on any atom is -0.342 e. The van der Waals surface area contributed by atoms with Gasteiger partial charge in [0.15, 0.2) is 0 Å². The lowest BCUT2D eigenvalue weighted by atomic mass is 9.64. The number of fused-ring (bicyclic) bond motifs is 2. The minimum absolute atomic E-state index is 0.186. The molecule has 0 radical (unpaired) electrons. The molecule has 182 valence electrons. The fourth-order valence-electron chi connectivity index (χ4n) is 7.37. The Morgan fingerprint density at radius 1 is 1.00 bits per heavy atom. The highest BCUT2D eigenvalue weighted by atomic mass is 16.2. The standard InChI is InChI=1S/C17H27NO.C13H18O/c1-4-8-14-9-7-10-17(2,3)15(14)13-16(19)18-11-5-6-12-18;1-13(2)5-3-4-8-6-9-7-10(14)11(9)12(8)13/h4H,1,5-13H2,2-3H3;9,11H,3-7H2,1-2H3. The molecule has 0 spiro atoms. The Kier molecular flexibility index (Phi) is 7.08. The maximum atomic E-state index is 12.4. The summed E-state index contributed by atoms with van der Waals surface area (Å²) in [6, 6.07) is 0. The number of rotatable bonds is 4. The van der Waals surface area contributed by atoms with Crippen molar-refractivity contribution < 1.29 is 9.59 Å². The first-order valence-electron chi connectivity index (χ1n) is 13.5. The quantitative estimate of drug-likeness (QED) is 0.424. The molecule has 0 aromatic carbocycles. The third kappa shape index (κ3) is 4.93. The van der Waals surface area contributed by atoms with Gasteiger partial charge in [-0.2, -0.15) is 0 Å². The SMILES string of the molecule is C=CCC1=C(CC(=O)N2CCCC2)C(C)(C)CCC1.CC1(C)CCCC2=C1C1C(=O)CC1C2. The van der Waals surface area contributed by atoms with Gasteiger partial charge in [-0.15, -0.1) is 6.58 Å². The van der Waals surface area contributed by atoms with E-state index >= 15 is 0 Å². The van der Waals surface area contributed by atoms with Gasteiger partial charge in [-0.25, -0.2) is 0 Å². The highest BCUT2D eigenvalue weighted by Gasteiger charge is 2.52. The van der Waals surface area contributed by atoms with E-state index in [-0.39, 0.29) is 5.41 Å². The minimum atomic E-state index is 0.186. The van der Waals surface area contributed by atoms with Gasteiger partial charge in [0, 0.05) is 31.8 Å². The van der Waals surface area contributed by atoms with Crippen LogP contribution >= 0.6 is 0 Å². The summed E-state index contributed by atoms with van der Waals surface area (Å²) < 4.78 is 0. The molecule has 0 aromatic rings. The zero-order valence-corrected chi connectivity index (χ0v) is 21.6. The summed E-state index contributed by atoms with van der Waals surface area (Å²) in [7, 11) is 0. The summed E-state index contributed by atoms with van der Waals surface area (Å²) in [6.45, 7) is 15.0. The van der Waals surface area contributed by atoms with Gasteiger partial charge < -0.3 is 4.90 Å². The van der Waals surface area contributed by atoms with Crippen molar-refractivity contribution in [3.63, 3.8) is 0 Å². The molecule has 0 N–H and O–H groups in total. The fraction of sp³-hybridized carbons (Fsp3) is 0.733. The monoisotopic (exact) mass is 451 g/mol. The molecule has 0 aromatic heterocycles. The second-order valence-corrected chi connectivity index (χ2v) is 12.4. The van der Waals surface area contributed by atoms with Crippen LogP contribution in [0.1, 0.15) is 105 Å². The van der Waals surface area contributed by atoms with Crippen LogP contribution in [0, 0.1) is 22.7 Å². The van der Waals surface area contributed by atoms with Crippen LogP contribution in [0.5, 0.6) is 0 Å². The van der Waals surface area contributed by atoms with E-state index in [0.717, 1.165) is 32.4 Å². The van der Waals surface area contributed by atoms with Gasteiger partial charge in [-0.05, 0) is 81.0 Å². The Bertz CT molecular complexity index is 866. The lowest BCUT2D eigenvalue weighted by Crippen LogP contribution is -2.38. The van der Waals surface area contributed by atoms with Crippen molar-refractivity contribution in [3.05, 3.63) is 34.9 Å². The molecule has 2 fully saturated rings. The number of hydrogen-bond donors (Lipinski definition) is 0. The molecule has 1 amide bonds. The number of ketones is 1. The highest BCUT2D eigenvalue weighted by Crippen LogP contribution is 2.58. The van der Waals surface area contributed by atoms with E-state index in [1.54, 1.807) is 11.1 Å². The van der Waals surface area contributed by atoms with Crippen molar-refractivity contribution in [2.45, 2.75) is 105 Å². The third-order valence-corrected chi connectivity index (χ3v) is 9.19. The van der Waals surface area contributed by atoms with Crippen molar-refractivity contribution in [1.82, 2.24) is 4.90 Å². The van der Waals surface area contributed by atoms with Crippen LogP contribution in [0.2, 0.25) is 0 Å². The predicted molar refractivity (Wildman–Crippen MR) is 136 cm³/mol. The maximum absolute atomic E-state index is 12.4. The van der Waals surface area contributed by atoms with Gasteiger partial charge in [0.05, 0.1) is 0 Å². The van der Waals surface area contributed by atoms with Gasteiger partial charge in [0.25, 0.3) is 0 Å². The Morgan fingerprint density at radius 2 is 1.67 bits per heavy atom. The summed E-state index contributed by atoms with van der Waals surface area (Å²) in [4.78, 5) is 26.1. The van der Waals surface area contributed by atoms with Gasteiger partial charge in [-0.3, -0.25) is 9.59 Å². The predicted octanol–water partition coefficient (Wildman–Crippen LogP) is 7.18. The number of carbonyl (C=O) groups is 2. The summed E-state index contributed by atoms with van der Waals surface area (Å²) >= 11 is 0. The molecule has 1 heterocycles. The smallest absolute Gasteiger partial charge is 0.226 e. The van der Waals surface area contributed by atoms with Crippen molar-refractivity contribution in [2.75, 3.05) is 13.1 Å². The summed E-state index contributed by atoms with van der Waals surface area (Å²) in [5.41, 5.74) is 6.59. The first kappa shape index (κ1) is 24.5. The Morgan fingerprint density at radius 3 is 2.33 bits per heavy atom. The van der Waals surface area contributed by atoms with Crippen molar-refractivity contribution in [1.29, 1.82) is 0 Å². The number of likely N-dealkylation sites (tertiary alicyclic amines) is 1. The average molecular weight is 452 g/mol. The number of allylic oxidation sites excluding steroid dienone is 4. The molecule has 0 bridgehead atoms. The van der Waals surface area contributed by atoms with Gasteiger partial charge in [0.1, 0.15) is 5.78 Å². The van der Waals surface area contributed by atoms with Crippen LogP contribution in [0.4, 0.5) is 0 Å². The van der Waals surface area contributed by atoms with Crippen LogP contribution in [0.25, 0.3) is 0 Å². The van der Waals surface area contributed by atoms with Crippen LogP contribution in [0.3, 0.4) is 0 Å². The second kappa shape index (κ2) is 9.55. The van der Waals surface area contributed by atoms with Crippen molar-refractivity contribution >= 4 is 11.7 Å². The van der Waals surface area contributed by atoms with Crippen molar-refractivity contribution in [2.24, 2.45) is 22.7 Å². The highest BCUT2D eigenvalue weighted by molar-refractivity contribution is 5.91. The van der Waals surface area contributed by atoms with Gasteiger partial charge >= 0.3 is 0 Å². The number of amides is 1. The number of Topliss-reactive ketones (excluding diaryl/α,β-unsaturated/α-hetero) is 1. The molecule has 1 aliphatic heterocycles. The van der Waals surface area contributed by atoms with E-state index in [9.17, 15) is 9.59 Å². The lowest BCUT2D eigenvalue weighted by Gasteiger charge is -2.39. The topological polar surface area (TPSA) is 37.4 Å². The van der Waals surface area contributed by atoms with Gasteiger partial charge in [-0.1, -0.05) is 56.1 Å². The first-order chi connectivity index (χ1) is 15.6. The molecule has 5 aliphatic rings. The summed E-state index contributed by atoms with van der Waals surface area (Å²) in [5, 5.41) is 0. The molecular formula is C30H45NO2. The van der Waals surface area contributed by atoms with E-state index < -0.39 is 0 Å². The summed E-state index contributed by atoms with van der Waals surface area (Å²) in [5.74, 6) is 1.93. The Hall–Kier alpha value is -1.64. The van der Waals surface area contributed by atoms with Gasteiger partial charge in [0.2, 0.25) is 5.91 Å². The van der Waals surface area contributed by atoms with Crippen LogP contribution in [-0.4, -0.2) is 29.7 Å². The molecular weight excluding hydrogens is 406 g/mol. The third-order valence-electron chi connectivity index (χ3n) is 9.19. The Labute approximate surface area is 201 Å².